The summed E-state index contributed by atoms with van der Waals surface area (Å²) >= 11 is 0. The number of esters is 1. The maximum absolute atomic E-state index is 13.6. The van der Waals surface area contributed by atoms with Gasteiger partial charge in [-0.25, -0.2) is 14.6 Å². The van der Waals surface area contributed by atoms with Gasteiger partial charge >= 0.3 is 11.9 Å². The highest BCUT2D eigenvalue weighted by atomic mass is 16.6. The quantitative estimate of drug-likeness (QED) is 0.614. The molecule has 1 N–H and O–H groups in total. The Morgan fingerprint density at radius 1 is 1.14 bits per heavy atom. The lowest BCUT2D eigenvalue weighted by Gasteiger charge is -2.38. The molecule has 36 heavy (non-hydrogen) atoms. The molecule has 2 aliphatic heterocycles. The van der Waals surface area contributed by atoms with Crippen molar-refractivity contribution in [1.29, 1.82) is 0 Å². The van der Waals surface area contributed by atoms with Crippen LogP contribution in [0, 0.1) is 12.3 Å². The highest BCUT2D eigenvalue weighted by Crippen LogP contribution is 2.54. The van der Waals surface area contributed by atoms with Gasteiger partial charge in [-0.3, -0.25) is 4.79 Å². The SMILES string of the molecule is COc1ccc(-c2cccc(C(=O)O)n2)c(C)c1C1C2=C(CC(C)(C)CC2=O)OC2=C1C(=O)OC2C. The van der Waals surface area contributed by atoms with Crippen LogP contribution in [0.25, 0.3) is 11.3 Å². The van der Waals surface area contributed by atoms with E-state index in [2.05, 4.69) is 4.98 Å². The van der Waals surface area contributed by atoms with Crippen LogP contribution in [0.1, 0.15) is 61.1 Å². The molecule has 3 heterocycles. The molecule has 1 aromatic heterocycles. The molecule has 0 amide bonds. The fraction of sp³-hybridized carbons (Fsp3) is 0.357. The maximum Gasteiger partial charge on any atom is 0.354 e. The number of pyridine rings is 1. The summed E-state index contributed by atoms with van der Waals surface area (Å²) in [6.45, 7) is 7.65. The Morgan fingerprint density at radius 2 is 1.89 bits per heavy atom. The van der Waals surface area contributed by atoms with Crippen LogP contribution in [0.15, 0.2) is 53.0 Å². The number of Topliss-reactive ketones (excluding diaryl/α,β-unsaturated/α-hetero) is 1. The van der Waals surface area contributed by atoms with E-state index in [1.807, 2.05) is 20.8 Å². The molecule has 2 unspecified atom stereocenters. The van der Waals surface area contributed by atoms with Crippen LogP contribution in [-0.2, 0) is 19.1 Å². The minimum absolute atomic E-state index is 0.0804. The van der Waals surface area contributed by atoms with Gasteiger partial charge in [0, 0.05) is 29.5 Å². The number of ketones is 1. The number of aromatic carboxylic acids is 1. The number of benzene rings is 1. The Hall–Kier alpha value is -3.94. The highest BCUT2D eigenvalue weighted by Gasteiger charge is 2.50. The fourth-order valence-electron chi connectivity index (χ4n) is 5.47. The van der Waals surface area contributed by atoms with E-state index in [4.69, 9.17) is 14.2 Å². The average molecular weight is 490 g/mol. The number of nitrogens with zero attached hydrogens (tertiary/aromatic N) is 1. The molecule has 0 fully saturated rings. The van der Waals surface area contributed by atoms with E-state index in [1.54, 1.807) is 31.2 Å². The summed E-state index contributed by atoms with van der Waals surface area (Å²) in [5.41, 5.74) is 2.89. The summed E-state index contributed by atoms with van der Waals surface area (Å²) in [6, 6.07) is 8.34. The van der Waals surface area contributed by atoms with Crippen molar-refractivity contribution in [1.82, 2.24) is 4.98 Å². The molecule has 0 bridgehead atoms. The van der Waals surface area contributed by atoms with Crippen molar-refractivity contribution < 1.29 is 33.7 Å². The van der Waals surface area contributed by atoms with Crippen LogP contribution in [0.3, 0.4) is 0 Å². The zero-order chi connectivity index (χ0) is 25.9. The van der Waals surface area contributed by atoms with Gasteiger partial charge in [0.2, 0.25) is 0 Å². The number of allylic oxidation sites excluding steroid dienone is 2. The number of hydrogen-bond acceptors (Lipinski definition) is 7. The second-order valence-corrected chi connectivity index (χ2v) is 10.2. The van der Waals surface area contributed by atoms with Crippen LogP contribution in [0.4, 0.5) is 0 Å². The second-order valence-electron chi connectivity index (χ2n) is 10.2. The second kappa shape index (κ2) is 8.33. The fourth-order valence-corrected chi connectivity index (χ4v) is 5.47. The number of hydrogen-bond donors (Lipinski definition) is 1. The molecule has 8 heteroatoms. The minimum atomic E-state index is -1.13. The van der Waals surface area contributed by atoms with Gasteiger partial charge in [-0.15, -0.1) is 0 Å². The van der Waals surface area contributed by atoms with Crippen molar-refractivity contribution in [2.24, 2.45) is 5.41 Å². The molecule has 1 aromatic carbocycles. The van der Waals surface area contributed by atoms with E-state index >= 15 is 0 Å². The van der Waals surface area contributed by atoms with E-state index in [9.17, 15) is 19.5 Å². The van der Waals surface area contributed by atoms with E-state index in [-0.39, 0.29) is 16.9 Å². The topological polar surface area (TPSA) is 112 Å². The Bertz CT molecular complexity index is 1400. The predicted octanol–water partition coefficient (Wildman–Crippen LogP) is 4.72. The molecular formula is C28H27NO7. The van der Waals surface area contributed by atoms with Gasteiger partial charge in [0.25, 0.3) is 0 Å². The zero-order valence-electron chi connectivity index (χ0n) is 20.8. The Labute approximate surface area is 208 Å². The van der Waals surface area contributed by atoms with Gasteiger partial charge in [0.15, 0.2) is 17.6 Å². The lowest BCUT2D eigenvalue weighted by molar-refractivity contribution is -0.139. The van der Waals surface area contributed by atoms with Crippen molar-refractivity contribution in [3.05, 3.63) is 69.8 Å². The monoisotopic (exact) mass is 489 g/mol. The van der Waals surface area contributed by atoms with Gasteiger partial charge < -0.3 is 19.3 Å². The molecule has 5 rings (SSSR count). The normalized spacial score (nSPS) is 22.6. The molecular weight excluding hydrogens is 462 g/mol. The lowest BCUT2D eigenvalue weighted by atomic mass is 9.69. The summed E-state index contributed by atoms with van der Waals surface area (Å²) in [5, 5.41) is 9.43. The van der Waals surface area contributed by atoms with Crippen molar-refractivity contribution in [2.45, 2.75) is 52.6 Å². The number of carbonyl (C=O) groups excluding carboxylic acids is 2. The minimum Gasteiger partial charge on any atom is -0.496 e. The van der Waals surface area contributed by atoms with Crippen molar-refractivity contribution in [3.63, 3.8) is 0 Å². The van der Waals surface area contributed by atoms with Crippen LogP contribution < -0.4 is 4.74 Å². The smallest absolute Gasteiger partial charge is 0.354 e. The molecule has 0 radical (unpaired) electrons. The van der Waals surface area contributed by atoms with E-state index in [0.29, 0.717) is 58.1 Å². The molecule has 0 saturated carbocycles. The first-order valence-corrected chi connectivity index (χ1v) is 11.8. The third-order valence-corrected chi connectivity index (χ3v) is 7.06. The number of carboxylic acid groups (broad SMARTS) is 1. The number of carbonyl (C=O) groups is 3. The zero-order valence-corrected chi connectivity index (χ0v) is 20.8. The first-order chi connectivity index (χ1) is 17.0. The van der Waals surface area contributed by atoms with Gasteiger partial charge in [0.05, 0.1) is 24.3 Å². The van der Waals surface area contributed by atoms with E-state index in [0.717, 1.165) is 5.56 Å². The molecule has 0 spiro atoms. The van der Waals surface area contributed by atoms with E-state index < -0.39 is 24.0 Å². The van der Waals surface area contributed by atoms with Gasteiger partial charge in [-0.05, 0) is 49.1 Å². The number of rotatable bonds is 4. The highest BCUT2D eigenvalue weighted by molar-refractivity contribution is 6.05. The van der Waals surface area contributed by atoms with Crippen LogP contribution >= 0.6 is 0 Å². The Kier molecular flexibility index (Phi) is 5.50. The summed E-state index contributed by atoms with van der Waals surface area (Å²) < 4.78 is 17.5. The van der Waals surface area contributed by atoms with Gasteiger partial charge in [0.1, 0.15) is 17.2 Å². The third kappa shape index (κ3) is 3.68. The van der Waals surface area contributed by atoms with Crippen LogP contribution in [-0.4, -0.2) is 41.0 Å². The number of methoxy groups -OCH3 is 1. The molecule has 3 aliphatic rings. The first-order valence-electron chi connectivity index (χ1n) is 11.8. The Morgan fingerprint density at radius 3 is 2.58 bits per heavy atom. The predicted molar refractivity (Wildman–Crippen MR) is 129 cm³/mol. The standard InChI is InChI=1S/C28H27NO7/c1-13-15(16-7-6-8-17(29-16)26(31)32)9-10-19(34-5)21(13)23-22-18(30)11-28(3,4)12-20(22)36-25-14(2)35-27(33)24(23)25/h6-10,14,23H,11-12H2,1-5H3,(H,31,32). The summed E-state index contributed by atoms with van der Waals surface area (Å²) in [4.78, 5) is 42.5. The van der Waals surface area contributed by atoms with Crippen molar-refractivity contribution in [3.8, 4) is 17.0 Å². The van der Waals surface area contributed by atoms with Crippen molar-refractivity contribution >= 4 is 17.7 Å². The Balaban J connectivity index is 1.78. The lowest BCUT2D eigenvalue weighted by Crippen LogP contribution is -2.33. The molecule has 1 aliphatic carbocycles. The van der Waals surface area contributed by atoms with Gasteiger partial charge in [-0.2, -0.15) is 0 Å². The summed E-state index contributed by atoms with van der Waals surface area (Å²) in [6.07, 6.45) is 0.292. The van der Waals surface area contributed by atoms with Crippen molar-refractivity contribution in [2.75, 3.05) is 7.11 Å². The number of carboxylic acids is 1. The summed E-state index contributed by atoms with van der Waals surface area (Å²) in [7, 11) is 1.53. The first kappa shape index (κ1) is 23.8. The third-order valence-electron chi connectivity index (χ3n) is 7.06. The van der Waals surface area contributed by atoms with Crippen LogP contribution in [0.5, 0.6) is 5.75 Å². The average Bonchev–Trinajstić information content (AvgIpc) is 3.09. The van der Waals surface area contributed by atoms with Crippen LogP contribution in [0.2, 0.25) is 0 Å². The van der Waals surface area contributed by atoms with E-state index in [1.165, 1.54) is 13.2 Å². The number of aromatic nitrogens is 1. The largest absolute Gasteiger partial charge is 0.496 e. The molecule has 2 atom stereocenters. The molecule has 186 valence electrons. The maximum atomic E-state index is 13.6. The number of cyclic esters (lactones) is 1. The number of ether oxygens (including phenoxy) is 3. The summed E-state index contributed by atoms with van der Waals surface area (Å²) in [5.74, 6) is -0.985. The molecule has 8 nitrogen and oxygen atoms in total. The van der Waals surface area contributed by atoms with Gasteiger partial charge in [-0.1, -0.05) is 19.9 Å². The molecule has 0 saturated heterocycles. The molecule has 2 aromatic rings.